The summed E-state index contributed by atoms with van der Waals surface area (Å²) in [6, 6.07) is 1.97. The van der Waals surface area contributed by atoms with E-state index in [1.165, 1.54) is 11.3 Å². The third-order valence-corrected chi connectivity index (χ3v) is 2.67. The molecule has 0 aromatic carbocycles. The number of halogens is 1. The van der Waals surface area contributed by atoms with Gasteiger partial charge >= 0.3 is 0 Å². The van der Waals surface area contributed by atoms with Gasteiger partial charge in [0.25, 0.3) is 0 Å². The third-order valence-electron chi connectivity index (χ3n) is 1.47. The molecule has 0 aliphatic carbocycles. The van der Waals surface area contributed by atoms with Gasteiger partial charge < -0.3 is 5.73 Å². The van der Waals surface area contributed by atoms with Gasteiger partial charge in [-0.2, -0.15) is 0 Å². The Morgan fingerprint density at radius 2 is 2.55 bits per heavy atom. The molecule has 0 bridgehead atoms. The van der Waals surface area contributed by atoms with Gasteiger partial charge in [-0.25, -0.2) is 0 Å². The van der Waals surface area contributed by atoms with Crippen LogP contribution in [-0.4, -0.2) is 0 Å². The SMILES string of the molecule is C=CCC(N)c1ccsc1Cl. The molecule has 0 spiro atoms. The van der Waals surface area contributed by atoms with Crippen LogP contribution in [-0.2, 0) is 0 Å². The van der Waals surface area contributed by atoms with Crippen molar-refractivity contribution in [2.24, 2.45) is 5.73 Å². The van der Waals surface area contributed by atoms with Crippen molar-refractivity contribution in [3.05, 3.63) is 34.0 Å². The molecule has 1 heterocycles. The molecule has 1 aromatic heterocycles. The maximum Gasteiger partial charge on any atom is 0.0976 e. The number of hydrogen-bond donors (Lipinski definition) is 1. The van der Waals surface area contributed by atoms with Gasteiger partial charge in [0.05, 0.1) is 4.34 Å². The second-order valence-electron chi connectivity index (χ2n) is 2.28. The molecule has 3 heteroatoms. The number of hydrogen-bond acceptors (Lipinski definition) is 2. The minimum Gasteiger partial charge on any atom is -0.324 e. The second kappa shape index (κ2) is 3.90. The molecule has 0 saturated carbocycles. The fourth-order valence-electron chi connectivity index (χ4n) is 0.877. The first kappa shape index (κ1) is 8.78. The fourth-order valence-corrected chi connectivity index (χ4v) is 1.92. The van der Waals surface area contributed by atoms with Crippen molar-refractivity contribution in [2.45, 2.75) is 12.5 Å². The summed E-state index contributed by atoms with van der Waals surface area (Å²) in [6.07, 6.45) is 2.58. The van der Waals surface area contributed by atoms with E-state index in [4.69, 9.17) is 17.3 Å². The first-order chi connectivity index (χ1) is 5.25. The molecule has 1 atom stereocenters. The van der Waals surface area contributed by atoms with Gasteiger partial charge in [0.15, 0.2) is 0 Å². The van der Waals surface area contributed by atoms with Gasteiger partial charge in [-0.05, 0) is 23.4 Å². The Morgan fingerprint density at radius 1 is 1.82 bits per heavy atom. The smallest absolute Gasteiger partial charge is 0.0976 e. The zero-order valence-electron chi connectivity index (χ0n) is 6.09. The Labute approximate surface area is 75.5 Å². The number of rotatable bonds is 3. The van der Waals surface area contributed by atoms with Crippen LogP contribution in [0.3, 0.4) is 0 Å². The Kier molecular flexibility index (Phi) is 3.12. The largest absolute Gasteiger partial charge is 0.324 e. The summed E-state index contributed by atoms with van der Waals surface area (Å²) >= 11 is 7.38. The molecular formula is C8H10ClNS. The zero-order valence-corrected chi connectivity index (χ0v) is 7.66. The van der Waals surface area contributed by atoms with Crippen molar-refractivity contribution in [1.82, 2.24) is 0 Å². The van der Waals surface area contributed by atoms with Crippen LogP contribution in [0.4, 0.5) is 0 Å². The monoisotopic (exact) mass is 187 g/mol. The standard InChI is InChI=1S/C8H10ClNS/c1-2-3-7(10)6-4-5-11-8(6)9/h2,4-5,7H,1,3,10H2. The predicted octanol–water partition coefficient (Wildman–Crippen LogP) is 2.98. The minimum absolute atomic E-state index is 0.00579. The van der Waals surface area contributed by atoms with Crippen molar-refractivity contribution in [3.8, 4) is 0 Å². The molecular weight excluding hydrogens is 178 g/mol. The molecule has 11 heavy (non-hydrogen) atoms. The normalized spacial score (nSPS) is 12.9. The van der Waals surface area contributed by atoms with Crippen LogP contribution in [0.2, 0.25) is 4.34 Å². The van der Waals surface area contributed by atoms with E-state index in [1.807, 2.05) is 11.4 Å². The molecule has 0 amide bonds. The van der Waals surface area contributed by atoms with Crippen LogP contribution in [0.1, 0.15) is 18.0 Å². The van der Waals surface area contributed by atoms with Crippen molar-refractivity contribution < 1.29 is 0 Å². The summed E-state index contributed by atoms with van der Waals surface area (Å²) in [7, 11) is 0. The molecule has 0 aliphatic rings. The van der Waals surface area contributed by atoms with Crippen molar-refractivity contribution in [3.63, 3.8) is 0 Å². The lowest BCUT2D eigenvalue weighted by atomic mass is 10.1. The minimum atomic E-state index is 0.00579. The van der Waals surface area contributed by atoms with Crippen molar-refractivity contribution in [2.75, 3.05) is 0 Å². The Bertz CT molecular complexity index is 244. The maximum absolute atomic E-state index is 5.87. The molecule has 1 aromatic rings. The van der Waals surface area contributed by atoms with Crippen LogP contribution < -0.4 is 5.73 Å². The fraction of sp³-hybridized carbons (Fsp3) is 0.250. The predicted molar refractivity (Wildman–Crippen MR) is 51.1 cm³/mol. The molecule has 1 rings (SSSR count). The van der Waals surface area contributed by atoms with Gasteiger partial charge in [0, 0.05) is 6.04 Å². The first-order valence-electron chi connectivity index (χ1n) is 3.35. The molecule has 0 radical (unpaired) electrons. The van der Waals surface area contributed by atoms with Crippen LogP contribution in [0.25, 0.3) is 0 Å². The molecule has 60 valence electrons. The highest BCUT2D eigenvalue weighted by Gasteiger charge is 2.08. The summed E-state index contributed by atoms with van der Waals surface area (Å²) in [5, 5.41) is 1.95. The van der Waals surface area contributed by atoms with E-state index in [9.17, 15) is 0 Å². The van der Waals surface area contributed by atoms with Crippen molar-refractivity contribution in [1.29, 1.82) is 0 Å². The van der Waals surface area contributed by atoms with E-state index in [0.717, 1.165) is 16.3 Å². The van der Waals surface area contributed by atoms with E-state index in [1.54, 1.807) is 6.08 Å². The van der Waals surface area contributed by atoms with E-state index in [-0.39, 0.29) is 6.04 Å². The van der Waals surface area contributed by atoms with Gasteiger partial charge in [0.1, 0.15) is 0 Å². The molecule has 0 aliphatic heterocycles. The maximum atomic E-state index is 5.87. The summed E-state index contributed by atoms with van der Waals surface area (Å²) < 4.78 is 0.791. The molecule has 1 unspecified atom stereocenters. The van der Waals surface area contributed by atoms with Crippen LogP contribution in [0.15, 0.2) is 24.1 Å². The Hall–Kier alpha value is -0.310. The summed E-state index contributed by atoms with van der Waals surface area (Å²) in [4.78, 5) is 0. The molecule has 1 nitrogen and oxygen atoms in total. The quantitative estimate of drug-likeness (QED) is 0.724. The van der Waals surface area contributed by atoms with Crippen LogP contribution in [0.5, 0.6) is 0 Å². The number of thiophene rings is 1. The van der Waals surface area contributed by atoms with Gasteiger partial charge in [-0.3, -0.25) is 0 Å². The number of nitrogens with two attached hydrogens (primary N) is 1. The average molecular weight is 188 g/mol. The summed E-state index contributed by atoms with van der Waals surface area (Å²) in [5.41, 5.74) is 6.83. The molecule has 2 N–H and O–H groups in total. The van der Waals surface area contributed by atoms with Crippen LogP contribution >= 0.6 is 22.9 Å². The third kappa shape index (κ3) is 2.06. The van der Waals surface area contributed by atoms with E-state index in [0.29, 0.717) is 0 Å². The lowest BCUT2D eigenvalue weighted by Crippen LogP contribution is -2.07. The topological polar surface area (TPSA) is 26.0 Å². The second-order valence-corrected chi connectivity index (χ2v) is 3.80. The Balaban J connectivity index is 2.74. The summed E-state index contributed by atoms with van der Waals surface area (Å²) in [5.74, 6) is 0. The average Bonchev–Trinajstić information content (AvgIpc) is 2.36. The molecule has 0 saturated heterocycles. The van der Waals surface area contributed by atoms with Gasteiger partial charge in [-0.15, -0.1) is 17.9 Å². The van der Waals surface area contributed by atoms with E-state index in [2.05, 4.69) is 6.58 Å². The van der Waals surface area contributed by atoms with Crippen LogP contribution in [0, 0.1) is 0 Å². The Morgan fingerprint density at radius 3 is 3.00 bits per heavy atom. The summed E-state index contributed by atoms with van der Waals surface area (Å²) in [6.45, 7) is 3.62. The van der Waals surface area contributed by atoms with Crippen molar-refractivity contribution >= 4 is 22.9 Å². The highest BCUT2D eigenvalue weighted by atomic mass is 35.5. The highest BCUT2D eigenvalue weighted by Crippen LogP contribution is 2.28. The van der Waals surface area contributed by atoms with E-state index >= 15 is 0 Å². The highest BCUT2D eigenvalue weighted by molar-refractivity contribution is 7.14. The lowest BCUT2D eigenvalue weighted by Gasteiger charge is -2.06. The van der Waals surface area contributed by atoms with Gasteiger partial charge in [-0.1, -0.05) is 17.7 Å². The first-order valence-corrected chi connectivity index (χ1v) is 4.61. The van der Waals surface area contributed by atoms with Gasteiger partial charge in [0.2, 0.25) is 0 Å². The molecule has 0 fully saturated rings. The zero-order chi connectivity index (χ0) is 8.27. The van der Waals surface area contributed by atoms with E-state index < -0.39 is 0 Å². The lowest BCUT2D eigenvalue weighted by molar-refractivity contribution is 0.745.